The monoisotopic (exact) mass is 224 g/mol. The van der Waals surface area contributed by atoms with Gasteiger partial charge in [-0.3, -0.25) is 4.90 Å². The van der Waals surface area contributed by atoms with Crippen LogP contribution in [0.25, 0.3) is 0 Å². The average molecular weight is 224 g/mol. The van der Waals surface area contributed by atoms with Crippen LogP contribution in [0, 0.1) is 17.2 Å². The molecule has 16 heavy (non-hydrogen) atoms. The van der Waals surface area contributed by atoms with E-state index in [0.717, 1.165) is 25.6 Å². The largest absolute Gasteiger partial charge is 0.361 e. The molecule has 0 N–H and O–H groups in total. The van der Waals surface area contributed by atoms with Crippen LogP contribution in [0.2, 0.25) is 0 Å². The zero-order chi connectivity index (χ0) is 11.8. The predicted molar refractivity (Wildman–Crippen MR) is 65.1 cm³/mol. The lowest BCUT2D eigenvalue weighted by Crippen LogP contribution is -2.43. The van der Waals surface area contributed by atoms with Crippen LogP contribution >= 0.6 is 0 Å². The summed E-state index contributed by atoms with van der Waals surface area (Å²) in [5, 5.41) is 8.84. The number of unbranched alkanes of at least 4 members (excludes halogenated alkanes) is 1. The van der Waals surface area contributed by atoms with Crippen LogP contribution < -0.4 is 0 Å². The van der Waals surface area contributed by atoms with Crippen molar-refractivity contribution >= 4 is 0 Å². The Hall–Kier alpha value is -0.590. The zero-order valence-electron chi connectivity index (χ0n) is 10.6. The van der Waals surface area contributed by atoms with Crippen LogP contribution in [-0.4, -0.2) is 37.2 Å². The molecule has 1 saturated heterocycles. The van der Waals surface area contributed by atoms with E-state index in [4.69, 9.17) is 10.00 Å². The van der Waals surface area contributed by atoms with Gasteiger partial charge in [0.15, 0.2) is 6.10 Å². The Balaban J connectivity index is 2.30. The first-order valence-corrected chi connectivity index (χ1v) is 6.53. The maximum absolute atomic E-state index is 8.84. The molecule has 1 aliphatic heterocycles. The van der Waals surface area contributed by atoms with Crippen molar-refractivity contribution in [1.29, 1.82) is 5.26 Å². The third kappa shape index (κ3) is 4.51. The molecular weight excluding hydrogens is 200 g/mol. The van der Waals surface area contributed by atoms with Crippen molar-refractivity contribution < 1.29 is 4.74 Å². The second kappa shape index (κ2) is 7.65. The molecule has 0 aromatic rings. The predicted octanol–water partition coefficient (Wildman–Crippen LogP) is 2.43. The Kier molecular flexibility index (Phi) is 6.44. The minimum absolute atomic E-state index is 0.211. The first kappa shape index (κ1) is 13.5. The lowest BCUT2D eigenvalue weighted by Gasteiger charge is -2.32. The molecule has 1 fully saturated rings. The summed E-state index contributed by atoms with van der Waals surface area (Å²) in [6.45, 7) is 8.14. The third-order valence-electron chi connectivity index (χ3n) is 3.35. The van der Waals surface area contributed by atoms with Gasteiger partial charge in [0.2, 0.25) is 0 Å². The first-order chi connectivity index (χ1) is 7.80. The molecule has 3 nitrogen and oxygen atoms in total. The van der Waals surface area contributed by atoms with E-state index in [1.807, 2.05) is 0 Å². The van der Waals surface area contributed by atoms with Gasteiger partial charge in [-0.05, 0) is 12.3 Å². The van der Waals surface area contributed by atoms with Gasteiger partial charge in [-0.25, -0.2) is 0 Å². The molecule has 92 valence electrons. The fourth-order valence-electron chi connectivity index (χ4n) is 2.23. The van der Waals surface area contributed by atoms with Gasteiger partial charge in [-0.15, -0.1) is 0 Å². The number of rotatable bonds is 6. The van der Waals surface area contributed by atoms with Gasteiger partial charge < -0.3 is 4.74 Å². The van der Waals surface area contributed by atoms with Crippen LogP contribution in [-0.2, 0) is 4.74 Å². The highest BCUT2D eigenvalue weighted by molar-refractivity contribution is 4.89. The first-order valence-electron chi connectivity index (χ1n) is 6.53. The SMILES string of the molecule is CCCCC(CC)CN1CCOC(C#N)C1. The van der Waals surface area contributed by atoms with Gasteiger partial charge >= 0.3 is 0 Å². The number of hydrogen-bond donors (Lipinski definition) is 0. The topological polar surface area (TPSA) is 36.3 Å². The molecular formula is C13H24N2O. The number of nitriles is 1. The Morgan fingerprint density at radius 3 is 2.94 bits per heavy atom. The van der Waals surface area contributed by atoms with E-state index in [1.165, 1.54) is 25.7 Å². The van der Waals surface area contributed by atoms with E-state index in [2.05, 4.69) is 24.8 Å². The summed E-state index contributed by atoms with van der Waals surface area (Å²) in [4.78, 5) is 2.39. The van der Waals surface area contributed by atoms with Crippen molar-refractivity contribution in [2.24, 2.45) is 5.92 Å². The van der Waals surface area contributed by atoms with Crippen LogP contribution in [0.5, 0.6) is 0 Å². The normalized spacial score (nSPS) is 23.9. The van der Waals surface area contributed by atoms with Crippen molar-refractivity contribution in [1.82, 2.24) is 4.90 Å². The molecule has 0 aliphatic carbocycles. The van der Waals surface area contributed by atoms with Crippen molar-refractivity contribution in [3.8, 4) is 6.07 Å². The summed E-state index contributed by atoms with van der Waals surface area (Å²) in [5.74, 6) is 0.789. The molecule has 2 unspecified atom stereocenters. The quantitative estimate of drug-likeness (QED) is 0.695. The van der Waals surface area contributed by atoms with E-state index in [9.17, 15) is 0 Å². The zero-order valence-corrected chi connectivity index (χ0v) is 10.6. The summed E-state index contributed by atoms with van der Waals surface area (Å²) in [6, 6.07) is 2.20. The summed E-state index contributed by atoms with van der Waals surface area (Å²) < 4.78 is 5.35. The average Bonchev–Trinajstić information content (AvgIpc) is 2.34. The molecule has 0 amide bonds. The fourth-order valence-corrected chi connectivity index (χ4v) is 2.23. The van der Waals surface area contributed by atoms with Gasteiger partial charge in [0.25, 0.3) is 0 Å². The van der Waals surface area contributed by atoms with E-state index < -0.39 is 0 Å². The molecule has 1 heterocycles. The Labute approximate surface area is 99.4 Å². The molecule has 0 bridgehead atoms. The Bertz CT molecular complexity index is 224. The van der Waals surface area contributed by atoms with Crippen molar-refractivity contribution in [3.63, 3.8) is 0 Å². The van der Waals surface area contributed by atoms with E-state index in [0.29, 0.717) is 6.61 Å². The Morgan fingerprint density at radius 1 is 1.50 bits per heavy atom. The maximum atomic E-state index is 8.84. The molecule has 1 aliphatic rings. The second-order valence-corrected chi connectivity index (χ2v) is 4.66. The van der Waals surface area contributed by atoms with Gasteiger partial charge in [-0.1, -0.05) is 33.1 Å². The van der Waals surface area contributed by atoms with E-state index in [-0.39, 0.29) is 6.10 Å². The molecule has 0 spiro atoms. The summed E-state index contributed by atoms with van der Waals surface area (Å²) in [6.07, 6.45) is 4.96. The van der Waals surface area contributed by atoms with Crippen molar-refractivity contribution in [3.05, 3.63) is 0 Å². The molecule has 0 radical (unpaired) electrons. The maximum Gasteiger partial charge on any atom is 0.156 e. The summed E-state index contributed by atoms with van der Waals surface area (Å²) in [7, 11) is 0. The molecule has 2 atom stereocenters. The lowest BCUT2D eigenvalue weighted by atomic mass is 9.98. The second-order valence-electron chi connectivity index (χ2n) is 4.66. The molecule has 0 aromatic carbocycles. The number of nitrogens with zero attached hydrogens (tertiary/aromatic N) is 2. The highest BCUT2D eigenvalue weighted by Crippen LogP contribution is 2.16. The van der Waals surface area contributed by atoms with E-state index >= 15 is 0 Å². The minimum Gasteiger partial charge on any atom is -0.361 e. The van der Waals surface area contributed by atoms with Crippen LogP contribution in [0.15, 0.2) is 0 Å². The van der Waals surface area contributed by atoms with Crippen molar-refractivity contribution in [2.45, 2.75) is 45.6 Å². The number of morpholine rings is 1. The van der Waals surface area contributed by atoms with Gasteiger partial charge in [0, 0.05) is 19.6 Å². The van der Waals surface area contributed by atoms with E-state index in [1.54, 1.807) is 0 Å². The third-order valence-corrected chi connectivity index (χ3v) is 3.35. The molecule has 0 saturated carbocycles. The highest BCUT2D eigenvalue weighted by Gasteiger charge is 2.21. The fraction of sp³-hybridized carbons (Fsp3) is 0.923. The number of ether oxygens (including phenoxy) is 1. The van der Waals surface area contributed by atoms with Crippen molar-refractivity contribution in [2.75, 3.05) is 26.2 Å². The molecule has 0 aromatic heterocycles. The molecule has 3 heteroatoms. The summed E-state index contributed by atoms with van der Waals surface area (Å²) >= 11 is 0. The molecule has 1 rings (SSSR count). The standard InChI is InChI=1S/C13H24N2O/c1-3-5-6-12(4-2)10-15-7-8-16-13(9-14)11-15/h12-13H,3-8,10-11H2,1-2H3. The minimum atomic E-state index is -0.211. The smallest absolute Gasteiger partial charge is 0.156 e. The van der Waals surface area contributed by atoms with Crippen LogP contribution in [0.1, 0.15) is 39.5 Å². The van der Waals surface area contributed by atoms with Gasteiger partial charge in [0.1, 0.15) is 0 Å². The van der Waals surface area contributed by atoms with Gasteiger partial charge in [0.05, 0.1) is 12.7 Å². The van der Waals surface area contributed by atoms with Gasteiger partial charge in [-0.2, -0.15) is 5.26 Å². The van der Waals surface area contributed by atoms with Crippen LogP contribution in [0.3, 0.4) is 0 Å². The lowest BCUT2D eigenvalue weighted by molar-refractivity contribution is -0.00576. The highest BCUT2D eigenvalue weighted by atomic mass is 16.5. The van der Waals surface area contributed by atoms with Crippen LogP contribution in [0.4, 0.5) is 0 Å². The summed E-state index contributed by atoms with van der Waals surface area (Å²) in [5.41, 5.74) is 0. The number of hydrogen-bond acceptors (Lipinski definition) is 3. The Morgan fingerprint density at radius 2 is 2.31 bits per heavy atom.